The van der Waals surface area contributed by atoms with Gasteiger partial charge < -0.3 is 9.84 Å². The maximum Gasteiger partial charge on any atom is 0.378 e. The van der Waals surface area contributed by atoms with E-state index in [1.807, 2.05) is 30.3 Å². The molecule has 1 N–H and O–H groups in total. The lowest BCUT2D eigenvalue weighted by molar-refractivity contribution is -0.149. The predicted molar refractivity (Wildman–Crippen MR) is 80.7 cm³/mol. The smallest absolute Gasteiger partial charge is 0.378 e. The van der Waals surface area contributed by atoms with Gasteiger partial charge in [-0.2, -0.15) is 5.10 Å². The molecule has 6 heteroatoms. The van der Waals surface area contributed by atoms with Crippen molar-refractivity contribution in [2.24, 2.45) is 0 Å². The molecular weight excluding hydrogens is 284 g/mol. The molecule has 0 aliphatic heterocycles. The molecule has 0 bridgehead atoms. The van der Waals surface area contributed by atoms with Crippen molar-refractivity contribution in [2.45, 2.75) is 13.8 Å². The van der Waals surface area contributed by atoms with Crippen molar-refractivity contribution in [3.8, 4) is 5.69 Å². The zero-order valence-electron chi connectivity index (χ0n) is 12.5. The Morgan fingerprint density at radius 3 is 2.45 bits per heavy atom. The number of para-hydroxylation sites is 1. The molecule has 0 atom stereocenters. The molecule has 0 spiro atoms. The maximum atomic E-state index is 11.5. The SMILES string of the molecule is COC(=O)C(=O)/C=C(\O)c1c(C)nn(-c2ccccc2)c1C. The van der Waals surface area contributed by atoms with E-state index >= 15 is 0 Å². The summed E-state index contributed by atoms with van der Waals surface area (Å²) in [4.78, 5) is 22.6. The summed E-state index contributed by atoms with van der Waals surface area (Å²) in [5, 5.41) is 14.5. The summed E-state index contributed by atoms with van der Waals surface area (Å²) in [5.74, 6) is -2.27. The summed E-state index contributed by atoms with van der Waals surface area (Å²) < 4.78 is 5.98. The molecule has 6 nitrogen and oxygen atoms in total. The van der Waals surface area contributed by atoms with Crippen LogP contribution in [-0.2, 0) is 14.3 Å². The Kier molecular flexibility index (Phi) is 4.41. The topological polar surface area (TPSA) is 81.4 Å². The first-order chi connectivity index (χ1) is 10.5. The number of hydrogen-bond donors (Lipinski definition) is 1. The van der Waals surface area contributed by atoms with Crippen LogP contribution in [0.1, 0.15) is 17.0 Å². The number of aliphatic hydroxyl groups excluding tert-OH is 1. The molecule has 0 amide bonds. The molecule has 0 aliphatic rings. The van der Waals surface area contributed by atoms with Gasteiger partial charge in [0, 0.05) is 6.08 Å². The fourth-order valence-corrected chi connectivity index (χ4v) is 2.19. The van der Waals surface area contributed by atoms with E-state index in [1.165, 1.54) is 0 Å². The first-order valence-electron chi connectivity index (χ1n) is 6.60. The van der Waals surface area contributed by atoms with Gasteiger partial charge in [-0.05, 0) is 26.0 Å². The van der Waals surface area contributed by atoms with E-state index < -0.39 is 11.8 Å². The van der Waals surface area contributed by atoms with Gasteiger partial charge >= 0.3 is 5.97 Å². The second-order valence-electron chi connectivity index (χ2n) is 4.68. The van der Waals surface area contributed by atoms with Crippen molar-refractivity contribution < 1.29 is 19.4 Å². The maximum absolute atomic E-state index is 11.5. The van der Waals surface area contributed by atoms with E-state index in [0.717, 1.165) is 18.9 Å². The van der Waals surface area contributed by atoms with Crippen LogP contribution in [0, 0.1) is 13.8 Å². The highest BCUT2D eigenvalue weighted by atomic mass is 16.5. The van der Waals surface area contributed by atoms with Gasteiger partial charge in [-0.15, -0.1) is 0 Å². The van der Waals surface area contributed by atoms with Crippen LogP contribution in [0.4, 0.5) is 0 Å². The average Bonchev–Trinajstić information content (AvgIpc) is 2.82. The molecule has 114 valence electrons. The first-order valence-corrected chi connectivity index (χ1v) is 6.60. The molecule has 0 saturated carbocycles. The Morgan fingerprint density at radius 2 is 1.86 bits per heavy atom. The van der Waals surface area contributed by atoms with Crippen molar-refractivity contribution in [3.05, 3.63) is 53.4 Å². The molecule has 0 radical (unpaired) electrons. The van der Waals surface area contributed by atoms with Gasteiger partial charge in [0.05, 0.1) is 29.7 Å². The zero-order valence-corrected chi connectivity index (χ0v) is 12.5. The Balaban J connectivity index is 2.45. The van der Waals surface area contributed by atoms with E-state index in [-0.39, 0.29) is 5.76 Å². The Bertz CT molecular complexity index is 745. The zero-order chi connectivity index (χ0) is 16.3. The number of ether oxygens (including phenoxy) is 1. The van der Waals surface area contributed by atoms with Gasteiger partial charge in [0.25, 0.3) is 5.78 Å². The summed E-state index contributed by atoms with van der Waals surface area (Å²) in [7, 11) is 1.11. The van der Waals surface area contributed by atoms with Crippen LogP contribution >= 0.6 is 0 Å². The van der Waals surface area contributed by atoms with Gasteiger partial charge in [-0.25, -0.2) is 9.48 Å². The van der Waals surface area contributed by atoms with Crippen LogP contribution in [0.25, 0.3) is 11.4 Å². The second kappa shape index (κ2) is 6.26. The van der Waals surface area contributed by atoms with Crippen LogP contribution in [0.15, 0.2) is 36.4 Å². The highest BCUT2D eigenvalue weighted by Gasteiger charge is 2.19. The highest BCUT2D eigenvalue weighted by molar-refractivity contribution is 6.39. The molecule has 1 heterocycles. The molecule has 0 fully saturated rings. The van der Waals surface area contributed by atoms with Gasteiger partial charge in [0.1, 0.15) is 5.76 Å². The van der Waals surface area contributed by atoms with E-state index in [4.69, 9.17) is 0 Å². The fraction of sp³-hybridized carbons (Fsp3) is 0.188. The normalized spacial score (nSPS) is 11.3. The Hall–Kier alpha value is -2.89. The van der Waals surface area contributed by atoms with Gasteiger partial charge in [-0.3, -0.25) is 4.79 Å². The number of esters is 1. The lowest BCUT2D eigenvalue weighted by Gasteiger charge is -2.05. The lowest BCUT2D eigenvalue weighted by atomic mass is 10.1. The molecular formula is C16H16N2O4. The summed E-state index contributed by atoms with van der Waals surface area (Å²) in [6.07, 6.45) is 0.845. The second-order valence-corrected chi connectivity index (χ2v) is 4.68. The predicted octanol–water partition coefficient (Wildman–Crippen LogP) is 2.13. The van der Waals surface area contributed by atoms with Crippen molar-refractivity contribution >= 4 is 17.5 Å². The molecule has 22 heavy (non-hydrogen) atoms. The van der Waals surface area contributed by atoms with Crippen LogP contribution in [0.5, 0.6) is 0 Å². The summed E-state index contributed by atoms with van der Waals surface area (Å²) in [6.45, 7) is 3.49. The number of hydrogen-bond acceptors (Lipinski definition) is 5. The van der Waals surface area contributed by atoms with E-state index in [1.54, 1.807) is 18.5 Å². The summed E-state index contributed by atoms with van der Waals surface area (Å²) in [6, 6.07) is 9.40. The monoisotopic (exact) mass is 300 g/mol. The van der Waals surface area contributed by atoms with Crippen molar-refractivity contribution in [1.82, 2.24) is 9.78 Å². The lowest BCUT2D eigenvalue weighted by Crippen LogP contribution is -2.13. The molecule has 0 saturated heterocycles. The Morgan fingerprint density at radius 1 is 1.23 bits per heavy atom. The number of carbonyl (C=O) groups excluding carboxylic acids is 2. The molecule has 2 aromatic rings. The standard InChI is InChI=1S/C16H16N2O4/c1-10-15(13(19)9-14(20)16(21)22-3)11(2)18(17-10)12-7-5-4-6-8-12/h4-9,19H,1-3H3/b13-9-. The third-order valence-electron chi connectivity index (χ3n) is 3.20. The van der Waals surface area contributed by atoms with E-state index in [0.29, 0.717) is 17.0 Å². The number of aromatic nitrogens is 2. The minimum Gasteiger partial charge on any atom is -0.507 e. The third-order valence-corrected chi connectivity index (χ3v) is 3.20. The molecule has 1 aromatic heterocycles. The van der Waals surface area contributed by atoms with Crippen LogP contribution in [0.3, 0.4) is 0 Å². The van der Waals surface area contributed by atoms with Crippen LogP contribution in [0.2, 0.25) is 0 Å². The minimum absolute atomic E-state index is 0.312. The van der Waals surface area contributed by atoms with Crippen molar-refractivity contribution in [1.29, 1.82) is 0 Å². The van der Waals surface area contributed by atoms with Crippen LogP contribution in [-0.4, -0.2) is 33.7 Å². The molecule has 1 aromatic carbocycles. The average molecular weight is 300 g/mol. The van der Waals surface area contributed by atoms with E-state index in [2.05, 4.69) is 9.84 Å². The number of aliphatic hydroxyl groups is 1. The van der Waals surface area contributed by atoms with Crippen molar-refractivity contribution in [3.63, 3.8) is 0 Å². The number of nitrogens with zero attached hydrogens (tertiary/aromatic N) is 2. The van der Waals surface area contributed by atoms with Gasteiger partial charge in [0.2, 0.25) is 0 Å². The number of benzene rings is 1. The fourth-order valence-electron chi connectivity index (χ4n) is 2.19. The molecule has 0 aliphatic carbocycles. The number of aryl methyl sites for hydroxylation is 1. The summed E-state index contributed by atoms with van der Waals surface area (Å²) >= 11 is 0. The minimum atomic E-state index is -1.03. The highest BCUT2D eigenvalue weighted by Crippen LogP contribution is 2.23. The van der Waals surface area contributed by atoms with Gasteiger partial charge in [-0.1, -0.05) is 18.2 Å². The molecule has 2 rings (SSSR count). The number of methoxy groups -OCH3 is 1. The number of ketones is 1. The third kappa shape index (κ3) is 2.90. The van der Waals surface area contributed by atoms with Crippen molar-refractivity contribution in [2.75, 3.05) is 7.11 Å². The van der Waals surface area contributed by atoms with Gasteiger partial charge in [0.15, 0.2) is 0 Å². The number of rotatable bonds is 4. The largest absolute Gasteiger partial charge is 0.507 e. The summed E-state index contributed by atoms with van der Waals surface area (Å²) in [5.41, 5.74) is 2.46. The number of carbonyl (C=O) groups is 2. The van der Waals surface area contributed by atoms with Crippen LogP contribution < -0.4 is 0 Å². The quantitative estimate of drug-likeness (QED) is 0.405. The first kappa shape index (κ1) is 15.5. The molecule has 0 unspecified atom stereocenters. The van der Waals surface area contributed by atoms with E-state index in [9.17, 15) is 14.7 Å². The Labute approximate surface area is 127 Å².